The SMILES string of the molecule is C[C@H](C(=O)NC(C)(C)C)N(CCc1ccccc1)C(=O)CN(c1ccc(Cl)cc1)S(=O)(=O)c1ccccc1. The van der Waals surface area contributed by atoms with Crippen LogP contribution >= 0.6 is 11.6 Å². The van der Waals surface area contributed by atoms with Crippen LogP contribution in [0.25, 0.3) is 0 Å². The fourth-order valence-corrected chi connectivity index (χ4v) is 5.46. The van der Waals surface area contributed by atoms with Crippen LogP contribution in [0.1, 0.15) is 33.3 Å². The molecule has 9 heteroatoms. The van der Waals surface area contributed by atoms with Crippen LogP contribution in [0.4, 0.5) is 5.69 Å². The summed E-state index contributed by atoms with van der Waals surface area (Å²) in [6, 6.07) is 23.0. The van der Waals surface area contributed by atoms with Gasteiger partial charge >= 0.3 is 0 Å². The van der Waals surface area contributed by atoms with Crippen molar-refractivity contribution in [3.63, 3.8) is 0 Å². The van der Waals surface area contributed by atoms with Crippen LogP contribution in [0.3, 0.4) is 0 Å². The first-order valence-electron chi connectivity index (χ1n) is 12.4. The highest BCUT2D eigenvalue weighted by Gasteiger charge is 2.33. The largest absolute Gasteiger partial charge is 0.350 e. The Kier molecular flexibility index (Phi) is 9.57. The molecular weight excluding hydrogens is 522 g/mol. The van der Waals surface area contributed by atoms with Gasteiger partial charge in [0.2, 0.25) is 11.8 Å². The first-order chi connectivity index (χ1) is 17.9. The normalized spacial score (nSPS) is 12.4. The minimum atomic E-state index is -4.10. The van der Waals surface area contributed by atoms with Gasteiger partial charge in [0.05, 0.1) is 10.6 Å². The fourth-order valence-electron chi connectivity index (χ4n) is 3.90. The van der Waals surface area contributed by atoms with E-state index in [1.54, 1.807) is 49.4 Å². The lowest BCUT2D eigenvalue weighted by molar-refractivity contribution is -0.139. The third kappa shape index (κ3) is 7.82. The van der Waals surface area contributed by atoms with Crippen LogP contribution in [-0.4, -0.2) is 49.8 Å². The number of carbonyl (C=O) groups is 2. The third-order valence-corrected chi connectivity index (χ3v) is 7.91. The summed E-state index contributed by atoms with van der Waals surface area (Å²) in [6.45, 7) is 7.00. The van der Waals surface area contributed by atoms with Crippen LogP contribution in [0.15, 0.2) is 89.8 Å². The maximum absolute atomic E-state index is 13.8. The van der Waals surface area contributed by atoms with Gasteiger partial charge in [0, 0.05) is 17.1 Å². The van der Waals surface area contributed by atoms with E-state index in [-0.39, 0.29) is 17.3 Å². The molecule has 0 heterocycles. The second kappa shape index (κ2) is 12.5. The highest BCUT2D eigenvalue weighted by molar-refractivity contribution is 7.92. The quantitative estimate of drug-likeness (QED) is 0.385. The first kappa shape index (κ1) is 29.2. The standard InChI is InChI=1S/C29H34ClN3O4S/c1-22(28(35)31-29(2,3)4)32(20-19-23-11-7-5-8-12-23)27(34)21-33(25-17-15-24(30)16-18-25)38(36,37)26-13-9-6-10-14-26/h5-18,22H,19-21H2,1-4H3,(H,31,35)/t22-/m1/s1. The molecule has 3 aromatic carbocycles. The van der Waals surface area contributed by atoms with Crippen molar-refractivity contribution in [3.05, 3.63) is 95.5 Å². The average Bonchev–Trinajstić information content (AvgIpc) is 2.88. The number of rotatable bonds is 10. The highest BCUT2D eigenvalue weighted by Crippen LogP contribution is 2.25. The molecule has 38 heavy (non-hydrogen) atoms. The van der Waals surface area contributed by atoms with E-state index in [9.17, 15) is 18.0 Å². The van der Waals surface area contributed by atoms with Gasteiger partial charge in [0.25, 0.3) is 10.0 Å². The lowest BCUT2D eigenvalue weighted by Gasteiger charge is -2.33. The Balaban J connectivity index is 1.96. The second-order valence-electron chi connectivity index (χ2n) is 10.0. The smallest absolute Gasteiger partial charge is 0.264 e. The van der Waals surface area contributed by atoms with Crippen LogP contribution in [0.2, 0.25) is 5.02 Å². The number of anilines is 1. The number of carbonyl (C=O) groups excluding carboxylic acids is 2. The summed E-state index contributed by atoms with van der Waals surface area (Å²) in [7, 11) is -4.10. The molecule has 1 N–H and O–H groups in total. The van der Waals surface area contributed by atoms with Crippen molar-refractivity contribution in [2.75, 3.05) is 17.4 Å². The number of amides is 2. The molecule has 0 aliphatic heterocycles. The number of nitrogens with one attached hydrogen (secondary N) is 1. The monoisotopic (exact) mass is 555 g/mol. The Hall–Kier alpha value is -3.36. The molecule has 0 radical (unpaired) electrons. The zero-order chi connectivity index (χ0) is 27.9. The molecule has 7 nitrogen and oxygen atoms in total. The van der Waals surface area contributed by atoms with E-state index in [2.05, 4.69) is 5.32 Å². The zero-order valence-electron chi connectivity index (χ0n) is 22.1. The summed E-state index contributed by atoms with van der Waals surface area (Å²) >= 11 is 6.04. The molecule has 0 bridgehead atoms. The van der Waals surface area contributed by atoms with Gasteiger partial charge in [0.15, 0.2) is 0 Å². The molecule has 0 unspecified atom stereocenters. The minimum absolute atomic E-state index is 0.0529. The maximum atomic E-state index is 13.8. The molecule has 0 saturated carbocycles. The summed E-state index contributed by atoms with van der Waals surface area (Å²) < 4.78 is 28.4. The Labute approximate surface area is 230 Å². The van der Waals surface area contributed by atoms with Gasteiger partial charge in [-0.3, -0.25) is 13.9 Å². The van der Waals surface area contributed by atoms with Crippen molar-refractivity contribution >= 4 is 39.1 Å². The predicted molar refractivity (Wildman–Crippen MR) is 152 cm³/mol. The van der Waals surface area contributed by atoms with Gasteiger partial charge in [-0.15, -0.1) is 0 Å². The second-order valence-corrected chi connectivity index (χ2v) is 12.3. The molecule has 202 valence electrons. The van der Waals surface area contributed by atoms with E-state index in [0.717, 1.165) is 9.87 Å². The Bertz CT molecular complexity index is 1330. The van der Waals surface area contributed by atoms with E-state index in [1.165, 1.54) is 17.0 Å². The minimum Gasteiger partial charge on any atom is -0.350 e. The van der Waals surface area contributed by atoms with Crippen LogP contribution < -0.4 is 9.62 Å². The molecule has 0 spiro atoms. The molecule has 3 aromatic rings. The molecule has 3 rings (SSSR count). The van der Waals surface area contributed by atoms with Crippen molar-refractivity contribution in [3.8, 4) is 0 Å². The van der Waals surface area contributed by atoms with E-state index >= 15 is 0 Å². The third-order valence-electron chi connectivity index (χ3n) is 5.87. The number of hydrogen-bond donors (Lipinski definition) is 1. The summed E-state index contributed by atoms with van der Waals surface area (Å²) in [4.78, 5) is 28.4. The Morgan fingerprint density at radius 3 is 2.00 bits per heavy atom. The molecule has 0 aliphatic rings. The van der Waals surface area contributed by atoms with Crippen molar-refractivity contribution in [2.45, 2.75) is 50.6 Å². The highest BCUT2D eigenvalue weighted by atomic mass is 35.5. The first-order valence-corrected chi connectivity index (χ1v) is 14.2. The van der Waals surface area contributed by atoms with Gasteiger partial charge < -0.3 is 10.2 Å². The lowest BCUT2D eigenvalue weighted by Crippen LogP contribution is -2.55. The van der Waals surface area contributed by atoms with E-state index in [4.69, 9.17) is 11.6 Å². The summed E-state index contributed by atoms with van der Waals surface area (Å²) in [5.74, 6) is -0.810. The van der Waals surface area contributed by atoms with Crippen LogP contribution in [-0.2, 0) is 26.0 Å². The van der Waals surface area contributed by atoms with Crippen LogP contribution in [0.5, 0.6) is 0 Å². The number of benzene rings is 3. The van der Waals surface area contributed by atoms with Gasteiger partial charge in [-0.05, 0) is 76.1 Å². The maximum Gasteiger partial charge on any atom is 0.264 e. The summed E-state index contributed by atoms with van der Waals surface area (Å²) in [5.41, 5.74) is 0.799. The topological polar surface area (TPSA) is 86.8 Å². The zero-order valence-corrected chi connectivity index (χ0v) is 23.7. The molecule has 0 fully saturated rings. The molecular formula is C29H34ClN3O4S. The number of sulfonamides is 1. The van der Waals surface area contributed by atoms with Crippen LogP contribution in [0, 0.1) is 0 Å². The molecule has 0 aromatic heterocycles. The van der Waals surface area contributed by atoms with E-state index in [1.807, 2.05) is 51.1 Å². The number of hydrogen-bond acceptors (Lipinski definition) is 4. The average molecular weight is 556 g/mol. The number of nitrogens with zero attached hydrogens (tertiary/aromatic N) is 2. The van der Waals surface area contributed by atoms with E-state index in [0.29, 0.717) is 17.1 Å². The van der Waals surface area contributed by atoms with Crippen molar-refractivity contribution in [2.24, 2.45) is 0 Å². The van der Waals surface area contributed by atoms with Crippen molar-refractivity contribution < 1.29 is 18.0 Å². The molecule has 1 atom stereocenters. The lowest BCUT2D eigenvalue weighted by atomic mass is 10.1. The van der Waals surface area contributed by atoms with Crippen molar-refractivity contribution in [1.82, 2.24) is 10.2 Å². The van der Waals surface area contributed by atoms with E-state index < -0.39 is 34.1 Å². The van der Waals surface area contributed by atoms with Gasteiger partial charge in [-0.25, -0.2) is 8.42 Å². The van der Waals surface area contributed by atoms with Crippen molar-refractivity contribution in [1.29, 1.82) is 0 Å². The van der Waals surface area contributed by atoms with Gasteiger partial charge in [-0.2, -0.15) is 0 Å². The number of halogens is 1. The Morgan fingerprint density at radius 2 is 1.45 bits per heavy atom. The molecule has 2 amide bonds. The fraction of sp³-hybridized carbons (Fsp3) is 0.310. The summed E-state index contributed by atoms with van der Waals surface area (Å²) in [6.07, 6.45) is 0.506. The van der Waals surface area contributed by atoms with Gasteiger partial charge in [0.1, 0.15) is 12.6 Å². The van der Waals surface area contributed by atoms with Gasteiger partial charge in [-0.1, -0.05) is 60.1 Å². The molecule has 0 saturated heterocycles. The Morgan fingerprint density at radius 1 is 0.895 bits per heavy atom. The predicted octanol–water partition coefficient (Wildman–Crippen LogP) is 4.91. The summed E-state index contributed by atoms with van der Waals surface area (Å²) in [5, 5.41) is 3.36. The molecule has 0 aliphatic carbocycles.